The fourth-order valence-electron chi connectivity index (χ4n) is 2.98. The molecule has 6 nitrogen and oxygen atoms in total. The largest absolute Gasteiger partial charge is 0.494 e. The van der Waals surface area contributed by atoms with Gasteiger partial charge in [-0.2, -0.15) is 0 Å². The van der Waals surface area contributed by atoms with E-state index in [1.54, 1.807) is 24.3 Å². The molecule has 2 aromatic rings. The minimum atomic E-state index is -3.92. The van der Waals surface area contributed by atoms with E-state index in [0.29, 0.717) is 18.0 Å². The summed E-state index contributed by atoms with van der Waals surface area (Å²) in [7, 11) is -3.92. The number of carbonyl (C=O) groups excluding carboxylic acids is 1. The molecule has 0 aliphatic heterocycles. The second kappa shape index (κ2) is 10.3. The Morgan fingerprint density at radius 2 is 1.69 bits per heavy atom. The molecule has 2 aromatic carbocycles. The van der Waals surface area contributed by atoms with Crippen LogP contribution in [0.5, 0.6) is 5.75 Å². The molecule has 0 unspecified atom stereocenters. The van der Waals surface area contributed by atoms with Crippen LogP contribution in [0.15, 0.2) is 53.4 Å². The molecule has 0 aliphatic carbocycles. The predicted molar refractivity (Wildman–Crippen MR) is 116 cm³/mol. The smallest absolute Gasteiger partial charge is 0.264 e. The first-order chi connectivity index (χ1) is 13.8. The lowest BCUT2D eigenvalue weighted by atomic mass is 10.2. The number of carbonyl (C=O) groups is 1. The number of amides is 1. The standard InChI is InChI=1S/C22H30N2O4S/c1-5-7-18(4)23-22(25)16-24(19-10-8-17(3)9-11-19)29(26,27)21-14-12-20(13-15-21)28-6-2/h8-15,18H,5-7,16H2,1-4H3,(H,23,25)/t18-/m0/s1. The van der Waals surface area contributed by atoms with E-state index < -0.39 is 10.0 Å². The number of nitrogens with one attached hydrogen (secondary N) is 1. The molecule has 7 heteroatoms. The molecule has 2 rings (SSSR count). The molecule has 0 radical (unpaired) electrons. The molecule has 0 fully saturated rings. The second-order valence-corrected chi connectivity index (χ2v) is 8.87. The van der Waals surface area contributed by atoms with E-state index in [1.807, 2.05) is 39.8 Å². The molecule has 1 N–H and O–H groups in total. The van der Waals surface area contributed by atoms with Gasteiger partial charge in [0.05, 0.1) is 17.2 Å². The van der Waals surface area contributed by atoms with Gasteiger partial charge >= 0.3 is 0 Å². The molecule has 0 saturated heterocycles. The SMILES string of the molecule is CCC[C@H](C)NC(=O)CN(c1ccc(C)cc1)S(=O)(=O)c1ccc(OCC)cc1. The average molecular weight is 419 g/mol. The summed E-state index contributed by atoms with van der Waals surface area (Å²) in [5, 5.41) is 2.88. The number of hydrogen-bond acceptors (Lipinski definition) is 4. The number of nitrogens with zero attached hydrogens (tertiary/aromatic N) is 1. The van der Waals surface area contributed by atoms with Crippen molar-refractivity contribution in [2.75, 3.05) is 17.5 Å². The summed E-state index contributed by atoms with van der Waals surface area (Å²) >= 11 is 0. The van der Waals surface area contributed by atoms with Crippen molar-refractivity contribution in [2.45, 2.75) is 51.5 Å². The third-order valence-electron chi connectivity index (χ3n) is 4.46. The van der Waals surface area contributed by atoms with Crippen LogP contribution in [0.3, 0.4) is 0 Å². The van der Waals surface area contributed by atoms with Crippen LogP contribution >= 0.6 is 0 Å². The Labute approximate surface area is 173 Å². The van der Waals surface area contributed by atoms with Crippen molar-refractivity contribution in [1.82, 2.24) is 5.32 Å². The molecule has 0 aliphatic rings. The number of benzene rings is 2. The molecule has 1 amide bonds. The van der Waals surface area contributed by atoms with Crippen LogP contribution in [0.2, 0.25) is 0 Å². The van der Waals surface area contributed by atoms with E-state index in [4.69, 9.17) is 4.74 Å². The Hall–Kier alpha value is -2.54. The number of ether oxygens (including phenoxy) is 1. The lowest BCUT2D eigenvalue weighted by molar-refractivity contribution is -0.120. The summed E-state index contributed by atoms with van der Waals surface area (Å²) in [5.74, 6) is 0.264. The predicted octanol–water partition coefficient (Wildman–Crippen LogP) is 3.89. The minimum Gasteiger partial charge on any atom is -0.494 e. The van der Waals surface area contributed by atoms with E-state index in [1.165, 1.54) is 12.1 Å². The van der Waals surface area contributed by atoms with E-state index in [0.717, 1.165) is 22.7 Å². The molecule has 29 heavy (non-hydrogen) atoms. The maximum absolute atomic E-state index is 13.3. The highest BCUT2D eigenvalue weighted by Crippen LogP contribution is 2.25. The van der Waals surface area contributed by atoms with Crippen LogP contribution in [0.1, 0.15) is 39.2 Å². The summed E-state index contributed by atoms with van der Waals surface area (Å²) in [6.07, 6.45) is 1.77. The highest BCUT2D eigenvalue weighted by Gasteiger charge is 2.27. The van der Waals surface area contributed by atoms with Crippen molar-refractivity contribution in [2.24, 2.45) is 0 Å². The lowest BCUT2D eigenvalue weighted by Gasteiger charge is -2.25. The molecule has 0 aromatic heterocycles. The summed E-state index contributed by atoms with van der Waals surface area (Å²) in [4.78, 5) is 12.7. The zero-order chi connectivity index (χ0) is 21.4. The minimum absolute atomic E-state index is 0.0134. The van der Waals surface area contributed by atoms with E-state index in [9.17, 15) is 13.2 Å². The summed E-state index contributed by atoms with van der Waals surface area (Å²) in [5.41, 5.74) is 1.45. The van der Waals surface area contributed by atoms with Crippen molar-refractivity contribution in [3.8, 4) is 5.75 Å². The Bertz CT molecular complexity index is 893. The van der Waals surface area contributed by atoms with Crippen LogP contribution < -0.4 is 14.4 Å². The molecular formula is C22H30N2O4S. The van der Waals surface area contributed by atoms with Gasteiger partial charge in [-0.05, 0) is 63.6 Å². The van der Waals surface area contributed by atoms with Crippen LogP contribution in [-0.2, 0) is 14.8 Å². The fraction of sp³-hybridized carbons (Fsp3) is 0.409. The van der Waals surface area contributed by atoms with Gasteiger partial charge in [-0.15, -0.1) is 0 Å². The first-order valence-corrected chi connectivity index (χ1v) is 11.3. The molecule has 158 valence electrons. The number of aryl methyl sites for hydroxylation is 1. The maximum atomic E-state index is 13.3. The van der Waals surface area contributed by atoms with E-state index in [-0.39, 0.29) is 23.4 Å². The molecule has 0 saturated carbocycles. The van der Waals surface area contributed by atoms with E-state index >= 15 is 0 Å². The van der Waals surface area contributed by atoms with Crippen LogP contribution in [0.25, 0.3) is 0 Å². The zero-order valence-electron chi connectivity index (χ0n) is 17.5. The van der Waals surface area contributed by atoms with Gasteiger partial charge in [0.2, 0.25) is 5.91 Å². The van der Waals surface area contributed by atoms with E-state index in [2.05, 4.69) is 5.32 Å². The monoisotopic (exact) mass is 418 g/mol. The third-order valence-corrected chi connectivity index (χ3v) is 6.25. The maximum Gasteiger partial charge on any atom is 0.264 e. The van der Waals surface area contributed by atoms with Crippen molar-refractivity contribution in [3.05, 3.63) is 54.1 Å². The van der Waals surface area contributed by atoms with Crippen molar-refractivity contribution < 1.29 is 17.9 Å². The average Bonchev–Trinajstić information content (AvgIpc) is 2.68. The normalized spacial score (nSPS) is 12.3. The van der Waals surface area contributed by atoms with Gasteiger partial charge in [-0.1, -0.05) is 31.0 Å². The lowest BCUT2D eigenvalue weighted by Crippen LogP contribution is -2.43. The summed E-state index contributed by atoms with van der Waals surface area (Å²) < 4.78 is 33.2. The van der Waals surface area contributed by atoms with Gasteiger partial charge in [0.15, 0.2) is 0 Å². The molecule has 0 spiro atoms. The second-order valence-electron chi connectivity index (χ2n) is 7.01. The van der Waals surface area contributed by atoms with Crippen LogP contribution in [-0.4, -0.2) is 33.5 Å². The van der Waals surface area contributed by atoms with Gasteiger partial charge in [0.25, 0.3) is 10.0 Å². The molecule has 0 bridgehead atoms. The topological polar surface area (TPSA) is 75.7 Å². The number of anilines is 1. The zero-order valence-corrected chi connectivity index (χ0v) is 18.3. The Kier molecular flexibility index (Phi) is 8.08. The van der Waals surface area contributed by atoms with Crippen LogP contribution in [0.4, 0.5) is 5.69 Å². The molecule has 1 atom stereocenters. The first-order valence-electron chi connectivity index (χ1n) is 9.89. The number of hydrogen-bond donors (Lipinski definition) is 1. The Balaban J connectivity index is 2.35. The Morgan fingerprint density at radius 1 is 1.07 bits per heavy atom. The van der Waals surface area contributed by atoms with Gasteiger partial charge < -0.3 is 10.1 Å². The first kappa shape index (κ1) is 22.7. The summed E-state index contributed by atoms with van der Waals surface area (Å²) in [6.45, 7) is 7.96. The summed E-state index contributed by atoms with van der Waals surface area (Å²) in [6, 6.07) is 13.3. The highest BCUT2D eigenvalue weighted by molar-refractivity contribution is 7.92. The number of sulfonamides is 1. The van der Waals surface area contributed by atoms with Gasteiger partial charge in [0, 0.05) is 6.04 Å². The van der Waals surface area contributed by atoms with Gasteiger partial charge in [0.1, 0.15) is 12.3 Å². The van der Waals surface area contributed by atoms with Gasteiger partial charge in [-0.25, -0.2) is 8.42 Å². The number of rotatable bonds is 10. The highest BCUT2D eigenvalue weighted by atomic mass is 32.2. The third kappa shape index (κ3) is 6.22. The van der Waals surface area contributed by atoms with Crippen molar-refractivity contribution in [1.29, 1.82) is 0 Å². The van der Waals surface area contributed by atoms with Gasteiger partial charge in [-0.3, -0.25) is 9.10 Å². The molecule has 0 heterocycles. The quantitative estimate of drug-likeness (QED) is 0.635. The fourth-order valence-corrected chi connectivity index (χ4v) is 4.40. The van der Waals surface area contributed by atoms with Crippen molar-refractivity contribution in [3.63, 3.8) is 0 Å². The van der Waals surface area contributed by atoms with Crippen molar-refractivity contribution >= 4 is 21.6 Å². The van der Waals surface area contributed by atoms with Crippen LogP contribution in [0, 0.1) is 6.92 Å². The Morgan fingerprint density at radius 3 is 2.24 bits per heavy atom. The molecular weight excluding hydrogens is 388 g/mol.